The van der Waals surface area contributed by atoms with Crippen LogP contribution in [0.4, 0.5) is 0 Å². The van der Waals surface area contributed by atoms with Crippen molar-refractivity contribution in [2.24, 2.45) is 0 Å². The van der Waals surface area contributed by atoms with Crippen LogP contribution in [0, 0.1) is 0 Å². The van der Waals surface area contributed by atoms with Gasteiger partial charge in [-0.2, -0.15) is 12.7 Å². The molecule has 0 spiro atoms. The zero-order chi connectivity index (χ0) is 10.2. The van der Waals surface area contributed by atoms with Gasteiger partial charge in [-0.05, 0) is 31.9 Å². The van der Waals surface area contributed by atoms with Crippen molar-refractivity contribution in [3.8, 4) is 0 Å². The first-order valence-electron chi connectivity index (χ1n) is 3.19. The first-order valence-corrected chi connectivity index (χ1v) is 6.17. The highest BCUT2D eigenvalue weighted by Crippen LogP contribution is 2.21. The molecule has 0 aliphatic rings. The molecule has 0 amide bonds. The lowest BCUT2D eigenvalue weighted by molar-refractivity contribution is 0.503. The first-order chi connectivity index (χ1) is 5.85. The zero-order valence-electron chi connectivity index (χ0n) is 6.90. The van der Waals surface area contributed by atoms with Crippen LogP contribution in [-0.4, -0.2) is 36.0 Å². The molecule has 0 radical (unpaired) electrons. The van der Waals surface area contributed by atoms with Gasteiger partial charge >= 0.3 is 10.2 Å². The maximum atomic E-state index is 11.5. The molecule has 0 N–H and O–H groups in total. The van der Waals surface area contributed by atoms with Gasteiger partial charge < -0.3 is 0 Å². The number of aromatic nitrogens is 2. The molecule has 0 unspecified atom stereocenters. The standard InChI is InChI=1S/C5H7Br2N3O2S/c1-9(2)13(11,12)10-3-4(6)5(7)8-10/h3H,1-2H3. The van der Waals surface area contributed by atoms with Gasteiger partial charge in [-0.3, -0.25) is 0 Å². The Morgan fingerprint density at radius 3 is 2.31 bits per heavy atom. The van der Waals surface area contributed by atoms with E-state index in [1.54, 1.807) is 0 Å². The van der Waals surface area contributed by atoms with Crippen LogP contribution in [0.2, 0.25) is 0 Å². The number of hydrogen-bond acceptors (Lipinski definition) is 3. The quantitative estimate of drug-likeness (QED) is 0.813. The van der Waals surface area contributed by atoms with Crippen LogP contribution in [0.1, 0.15) is 0 Å². The van der Waals surface area contributed by atoms with E-state index in [1.165, 1.54) is 20.3 Å². The molecule has 0 atom stereocenters. The zero-order valence-corrected chi connectivity index (χ0v) is 10.9. The van der Waals surface area contributed by atoms with E-state index in [0.29, 0.717) is 9.08 Å². The number of rotatable bonds is 2. The van der Waals surface area contributed by atoms with Crippen molar-refractivity contribution < 1.29 is 8.42 Å². The van der Waals surface area contributed by atoms with E-state index in [-0.39, 0.29) is 0 Å². The second-order valence-corrected chi connectivity index (χ2v) is 6.04. The second kappa shape index (κ2) is 3.68. The second-order valence-electron chi connectivity index (χ2n) is 2.43. The largest absolute Gasteiger partial charge is 0.322 e. The van der Waals surface area contributed by atoms with E-state index in [4.69, 9.17) is 0 Å². The summed E-state index contributed by atoms with van der Waals surface area (Å²) in [6.45, 7) is 0. The summed E-state index contributed by atoms with van der Waals surface area (Å²) in [6.07, 6.45) is 1.37. The minimum absolute atomic E-state index is 0.456. The summed E-state index contributed by atoms with van der Waals surface area (Å²) >= 11 is 6.24. The topological polar surface area (TPSA) is 55.2 Å². The van der Waals surface area contributed by atoms with E-state index in [0.717, 1.165) is 8.39 Å². The Balaban J connectivity index is 3.24. The fourth-order valence-corrected chi connectivity index (χ4v) is 2.14. The average Bonchev–Trinajstić information content (AvgIpc) is 2.32. The lowest BCUT2D eigenvalue weighted by atomic mass is 10.8. The van der Waals surface area contributed by atoms with Crippen molar-refractivity contribution in [1.82, 2.24) is 13.5 Å². The van der Waals surface area contributed by atoms with Gasteiger partial charge in [0.05, 0.1) is 10.7 Å². The fraction of sp³-hybridized carbons (Fsp3) is 0.400. The van der Waals surface area contributed by atoms with Gasteiger partial charge in [0.15, 0.2) is 0 Å². The van der Waals surface area contributed by atoms with Gasteiger partial charge in [-0.25, -0.2) is 0 Å². The lowest BCUT2D eigenvalue weighted by Crippen LogP contribution is -2.29. The molecule has 0 bridgehead atoms. The van der Waals surface area contributed by atoms with E-state index < -0.39 is 10.2 Å². The summed E-state index contributed by atoms with van der Waals surface area (Å²) in [6, 6.07) is 0. The van der Waals surface area contributed by atoms with Gasteiger partial charge in [0.25, 0.3) is 0 Å². The van der Waals surface area contributed by atoms with E-state index in [2.05, 4.69) is 37.0 Å². The molecule has 1 rings (SSSR count). The van der Waals surface area contributed by atoms with Crippen molar-refractivity contribution in [3.63, 3.8) is 0 Å². The van der Waals surface area contributed by atoms with Gasteiger partial charge in [-0.15, -0.1) is 9.19 Å². The molecule has 1 aromatic rings. The van der Waals surface area contributed by atoms with Gasteiger partial charge in [0.2, 0.25) is 0 Å². The summed E-state index contributed by atoms with van der Waals surface area (Å²) in [5, 5.41) is 3.76. The first kappa shape index (κ1) is 11.2. The predicted molar refractivity (Wildman–Crippen MR) is 55.6 cm³/mol. The van der Waals surface area contributed by atoms with Crippen LogP contribution in [0.3, 0.4) is 0 Å². The van der Waals surface area contributed by atoms with Crippen LogP contribution in [0.15, 0.2) is 15.3 Å². The van der Waals surface area contributed by atoms with Crippen molar-refractivity contribution in [3.05, 3.63) is 15.3 Å². The number of hydrogen-bond donors (Lipinski definition) is 0. The van der Waals surface area contributed by atoms with Crippen LogP contribution < -0.4 is 0 Å². The summed E-state index contributed by atoms with van der Waals surface area (Å²) in [7, 11) is -0.613. The number of halogens is 2. The lowest BCUT2D eigenvalue weighted by Gasteiger charge is -2.09. The molecule has 0 fully saturated rings. The Kier molecular flexibility index (Phi) is 3.16. The highest BCUT2D eigenvalue weighted by Gasteiger charge is 2.18. The maximum absolute atomic E-state index is 11.5. The van der Waals surface area contributed by atoms with Crippen LogP contribution in [0.5, 0.6) is 0 Å². The summed E-state index contributed by atoms with van der Waals surface area (Å²) < 4.78 is 26.0. The molecule has 0 aliphatic carbocycles. The van der Waals surface area contributed by atoms with Gasteiger partial charge in [-0.1, -0.05) is 0 Å². The Morgan fingerprint density at radius 2 is 2.00 bits per heavy atom. The Labute approximate surface area is 93.2 Å². The van der Waals surface area contributed by atoms with Crippen molar-refractivity contribution in [1.29, 1.82) is 0 Å². The molecule has 1 aromatic heterocycles. The van der Waals surface area contributed by atoms with Crippen molar-refractivity contribution >= 4 is 42.1 Å². The molecule has 8 heteroatoms. The molecule has 0 saturated carbocycles. The minimum atomic E-state index is -3.50. The van der Waals surface area contributed by atoms with Crippen LogP contribution in [-0.2, 0) is 10.2 Å². The smallest absolute Gasteiger partial charge is 0.189 e. The number of nitrogens with zero attached hydrogens (tertiary/aromatic N) is 3. The molecule has 0 aromatic carbocycles. The third-order valence-corrected chi connectivity index (χ3v) is 4.59. The molecule has 5 nitrogen and oxygen atoms in total. The van der Waals surface area contributed by atoms with Crippen LogP contribution in [0.25, 0.3) is 0 Å². The van der Waals surface area contributed by atoms with E-state index in [1.807, 2.05) is 0 Å². The molecule has 74 valence electrons. The fourth-order valence-electron chi connectivity index (χ4n) is 0.599. The maximum Gasteiger partial charge on any atom is 0.322 e. The van der Waals surface area contributed by atoms with Gasteiger partial charge in [0.1, 0.15) is 4.60 Å². The molecular weight excluding hydrogens is 326 g/mol. The highest BCUT2D eigenvalue weighted by atomic mass is 79.9. The summed E-state index contributed by atoms with van der Waals surface area (Å²) in [5.74, 6) is 0. The molecular formula is C5H7Br2N3O2S. The Hall–Kier alpha value is 0.0800. The summed E-state index contributed by atoms with van der Waals surface area (Å²) in [4.78, 5) is 0. The Bertz CT molecular complexity index is 392. The average molecular weight is 333 g/mol. The van der Waals surface area contributed by atoms with Gasteiger partial charge in [0, 0.05) is 14.1 Å². The molecule has 13 heavy (non-hydrogen) atoms. The molecule has 1 heterocycles. The molecule has 0 aliphatic heterocycles. The summed E-state index contributed by atoms with van der Waals surface area (Å²) in [5.41, 5.74) is 0. The van der Waals surface area contributed by atoms with Crippen molar-refractivity contribution in [2.75, 3.05) is 14.1 Å². The third kappa shape index (κ3) is 2.12. The minimum Gasteiger partial charge on any atom is -0.189 e. The SMILES string of the molecule is CN(C)S(=O)(=O)n1cc(Br)c(Br)n1. The Morgan fingerprint density at radius 1 is 1.46 bits per heavy atom. The normalized spacial score (nSPS) is 12.4. The van der Waals surface area contributed by atoms with Crippen LogP contribution >= 0.6 is 31.9 Å². The highest BCUT2D eigenvalue weighted by molar-refractivity contribution is 9.13. The monoisotopic (exact) mass is 331 g/mol. The molecule has 0 saturated heterocycles. The van der Waals surface area contributed by atoms with Crippen molar-refractivity contribution in [2.45, 2.75) is 0 Å². The van der Waals surface area contributed by atoms with E-state index >= 15 is 0 Å². The van der Waals surface area contributed by atoms with E-state index in [9.17, 15) is 8.42 Å². The third-order valence-electron chi connectivity index (χ3n) is 1.31. The predicted octanol–water partition coefficient (Wildman–Crippen LogP) is 1.06.